The Morgan fingerprint density at radius 2 is 2.10 bits per heavy atom. The second-order valence-corrected chi connectivity index (χ2v) is 6.19. The van der Waals surface area contributed by atoms with Gasteiger partial charge in [-0.05, 0) is 37.1 Å². The summed E-state index contributed by atoms with van der Waals surface area (Å²) in [6.45, 7) is 4.77. The highest BCUT2D eigenvalue weighted by Gasteiger charge is 2.33. The van der Waals surface area contributed by atoms with E-state index >= 15 is 0 Å². The van der Waals surface area contributed by atoms with E-state index in [2.05, 4.69) is 30.1 Å². The molecule has 104 valence electrons. The van der Waals surface area contributed by atoms with E-state index in [-0.39, 0.29) is 11.8 Å². The predicted octanol–water partition coefficient (Wildman–Crippen LogP) is 2.26. The van der Waals surface area contributed by atoms with Crippen molar-refractivity contribution >= 4 is 28.1 Å². The van der Waals surface area contributed by atoms with Crippen molar-refractivity contribution in [2.24, 2.45) is 0 Å². The summed E-state index contributed by atoms with van der Waals surface area (Å²) in [6.07, 6.45) is 0.474. The zero-order valence-electron chi connectivity index (χ0n) is 11.5. The van der Waals surface area contributed by atoms with E-state index in [1.165, 1.54) is 22.5 Å². The topological polar surface area (TPSA) is 72.1 Å². The molecule has 0 saturated carbocycles. The van der Waals surface area contributed by atoms with Crippen molar-refractivity contribution in [2.75, 3.05) is 17.2 Å². The number of aromatic nitrogens is 2. The lowest BCUT2D eigenvalue weighted by molar-refractivity contribution is -0.117. The van der Waals surface area contributed by atoms with Crippen molar-refractivity contribution in [1.82, 2.24) is 10.2 Å². The summed E-state index contributed by atoms with van der Waals surface area (Å²) in [5, 5.41) is 9.19. The van der Waals surface area contributed by atoms with Crippen LogP contribution in [0.1, 0.15) is 28.5 Å². The van der Waals surface area contributed by atoms with Gasteiger partial charge in [0, 0.05) is 24.6 Å². The fourth-order valence-electron chi connectivity index (χ4n) is 2.43. The number of carbonyl (C=O) groups is 1. The Labute approximate surface area is 121 Å². The summed E-state index contributed by atoms with van der Waals surface area (Å²) in [7, 11) is 0. The highest BCUT2D eigenvalue weighted by molar-refractivity contribution is 7.15. The van der Waals surface area contributed by atoms with E-state index in [9.17, 15) is 4.79 Å². The Hall–Kier alpha value is -1.95. The molecule has 1 saturated heterocycles. The van der Waals surface area contributed by atoms with Crippen molar-refractivity contribution in [3.8, 4) is 0 Å². The van der Waals surface area contributed by atoms with E-state index < -0.39 is 0 Å². The third-order valence-electron chi connectivity index (χ3n) is 3.73. The zero-order valence-corrected chi connectivity index (χ0v) is 12.3. The summed E-state index contributed by atoms with van der Waals surface area (Å²) in [5.41, 5.74) is 8.99. The number of amides is 1. The first-order valence-corrected chi connectivity index (χ1v) is 7.32. The minimum Gasteiger partial charge on any atom is -0.374 e. The molecule has 0 radical (unpaired) electrons. The fraction of sp³-hybridized carbons (Fsp3) is 0.357. The minimum atomic E-state index is 0.0962. The monoisotopic (exact) mass is 288 g/mol. The van der Waals surface area contributed by atoms with Crippen LogP contribution in [0.25, 0.3) is 0 Å². The number of hydrogen-bond acceptors (Lipinski definition) is 5. The SMILES string of the molecule is Cc1ccc(N2C[C@H](c3nnc(N)s3)CC2=O)cc1C. The average molecular weight is 288 g/mol. The Morgan fingerprint density at radius 3 is 2.75 bits per heavy atom. The predicted molar refractivity (Wildman–Crippen MR) is 79.9 cm³/mol. The van der Waals surface area contributed by atoms with Crippen LogP contribution in [0.2, 0.25) is 0 Å². The highest BCUT2D eigenvalue weighted by Crippen LogP contribution is 2.34. The van der Waals surface area contributed by atoms with Gasteiger partial charge in [0.1, 0.15) is 5.01 Å². The van der Waals surface area contributed by atoms with Crippen LogP contribution in [0.4, 0.5) is 10.8 Å². The standard InChI is InChI=1S/C14H16N4OS/c1-8-3-4-11(5-9(8)2)18-7-10(6-12(18)19)13-16-17-14(15)20-13/h3-5,10H,6-7H2,1-2H3,(H2,15,17)/t10-/m1/s1. The van der Waals surface area contributed by atoms with Crippen LogP contribution in [-0.4, -0.2) is 22.6 Å². The Kier molecular flexibility index (Phi) is 3.17. The van der Waals surface area contributed by atoms with Crippen LogP contribution in [0.5, 0.6) is 0 Å². The summed E-state index contributed by atoms with van der Waals surface area (Å²) < 4.78 is 0. The van der Waals surface area contributed by atoms with Gasteiger partial charge in [-0.25, -0.2) is 0 Å². The first kappa shape index (κ1) is 13.1. The van der Waals surface area contributed by atoms with Crippen molar-refractivity contribution < 1.29 is 4.79 Å². The van der Waals surface area contributed by atoms with Gasteiger partial charge in [0.05, 0.1) is 0 Å². The van der Waals surface area contributed by atoms with Gasteiger partial charge in [-0.15, -0.1) is 10.2 Å². The van der Waals surface area contributed by atoms with Gasteiger partial charge < -0.3 is 10.6 Å². The van der Waals surface area contributed by atoms with Crippen LogP contribution in [0, 0.1) is 13.8 Å². The maximum absolute atomic E-state index is 12.2. The van der Waals surface area contributed by atoms with Crippen molar-refractivity contribution in [3.63, 3.8) is 0 Å². The normalized spacial score (nSPS) is 18.8. The number of aryl methyl sites for hydroxylation is 2. The molecule has 5 nitrogen and oxygen atoms in total. The molecular formula is C14H16N4OS. The molecule has 1 atom stereocenters. The third kappa shape index (κ3) is 2.27. The lowest BCUT2D eigenvalue weighted by atomic mass is 10.1. The lowest BCUT2D eigenvalue weighted by Gasteiger charge is -2.17. The molecule has 0 unspecified atom stereocenters. The number of rotatable bonds is 2. The molecule has 3 rings (SSSR count). The summed E-state index contributed by atoms with van der Waals surface area (Å²) in [5.74, 6) is 0.228. The van der Waals surface area contributed by atoms with Crippen molar-refractivity contribution in [1.29, 1.82) is 0 Å². The van der Waals surface area contributed by atoms with Crippen LogP contribution in [0.3, 0.4) is 0 Å². The maximum Gasteiger partial charge on any atom is 0.227 e. The molecule has 6 heteroatoms. The first-order valence-electron chi connectivity index (χ1n) is 6.51. The fourth-order valence-corrected chi connectivity index (χ4v) is 3.13. The van der Waals surface area contributed by atoms with Gasteiger partial charge in [0.25, 0.3) is 0 Å². The molecule has 0 aliphatic carbocycles. The van der Waals surface area contributed by atoms with Crippen LogP contribution in [-0.2, 0) is 4.79 Å². The molecule has 1 amide bonds. The minimum absolute atomic E-state index is 0.0962. The molecule has 1 fully saturated rings. The highest BCUT2D eigenvalue weighted by atomic mass is 32.1. The van der Waals surface area contributed by atoms with Gasteiger partial charge >= 0.3 is 0 Å². The second-order valence-electron chi connectivity index (χ2n) is 5.15. The number of anilines is 2. The molecule has 1 aromatic heterocycles. The molecule has 0 spiro atoms. The van der Waals surface area contributed by atoms with Crippen molar-refractivity contribution in [2.45, 2.75) is 26.2 Å². The van der Waals surface area contributed by atoms with E-state index in [1.807, 2.05) is 17.0 Å². The number of nitrogens with two attached hydrogens (primary N) is 1. The van der Waals surface area contributed by atoms with Gasteiger partial charge in [0.15, 0.2) is 0 Å². The zero-order chi connectivity index (χ0) is 14.3. The van der Waals surface area contributed by atoms with Gasteiger partial charge in [-0.2, -0.15) is 0 Å². The van der Waals surface area contributed by atoms with E-state index in [0.29, 0.717) is 18.1 Å². The average Bonchev–Trinajstić information content (AvgIpc) is 2.99. The molecular weight excluding hydrogens is 272 g/mol. The Balaban J connectivity index is 1.85. The van der Waals surface area contributed by atoms with E-state index in [1.54, 1.807) is 0 Å². The number of nitrogens with zero attached hydrogens (tertiary/aromatic N) is 3. The lowest BCUT2D eigenvalue weighted by Crippen LogP contribution is -2.24. The summed E-state index contributed by atoms with van der Waals surface area (Å²) in [4.78, 5) is 14.0. The second kappa shape index (κ2) is 4.86. The Bertz CT molecular complexity index is 667. The smallest absolute Gasteiger partial charge is 0.227 e. The van der Waals surface area contributed by atoms with Gasteiger partial charge in [0.2, 0.25) is 11.0 Å². The van der Waals surface area contributed by atoms with Crippen molar-refractivity contribution in [3.05, 3.63) is 34.3 Å². The molecule has 1 aliphatic heterocycles. The molecule has 20 heavy (non-hydrogen) atoms. The summed E-state index contributed by atoms with van der Waals surface area (Å²) in [6, 6.07) is 6.11. The van der Waals surface area contributed by atoms with Crippen LogP contribution in [0.15, 0.2) is 18.2 Å². The van der Waals surface area contributed by atoms with Gasteiger partial charge in [-0.1, -0.05) is 17.4 Å². The Morgan fingerprint density at radius 1 is 1.30 bits per heavy atom. The number of benzene rings is 1. The molecule has 2 aromatic rings. The largest absolute Gasteiger partial charge is 0.374 e. The third-order valence-corrected chi connectivity index (χ3v) is 4.65. The van der Waals surface area contributed by atoms with E-state index in [4.69, 9.17) is 5.73 Å². The van der Waals surface area contributed by atoms with E-state index in [0.717, 1.165) is 10.7 Å². The molecule has 1 aliphatic rings. The molecule has 0 bridgehead atoms. The number of nitrogen functional groups attached to an aromatic ring is 1. The van der Waals surface area contributed by atoms with Crippen LogP contribution < -0.4 is 10.6 Å². The van der Waals surface area contributed by atoms with Crippen LogP contribution >= 0.6 is 11.3 Å². The maximum atomic E-state index is 12.2. The molecule has 1 aromatic carbocycles. The molecule has 2 N–H and O–H groups in total. The molecule has 2 heterocycles. The quantitative estimate of drug-likeness (QED) is 0.920. The number of carbonyl (C=O) groups excluding carboxylic acids is 1. The number of hydrogen-bond donors (Lipinski definition) is 1. The first-order chi connectivity index (χ1) is 9.54. The summed E-state index contributed by atoms with van der Waals surface area (Å²) >= 11 is 1.37. The van der Waals surface area contributed by atoms with Gasteiger partial charge in [-0.3, -0.25) is 4.79 Å².